The highest BCUT2D eigenvalue weighted by Gasteiger charge is 2.08. The van der Waals surface area contributed by atoms with Gasteiger partial charge in [0.25, 0.3) is 0 Å². The lowest BCUT2D eigenvalue weighted by Gasteiger charge is -2.04. The number of aryl methyl sites for hydroxylation is 1. The van der Waals surface area contributed by atoms with Gasteiger partial charge in [0.1, 0.15) is 5.75 Å². The minimum absolute atomic E-state index is 0.0743. The number of fused-ring (bicyclic) bond motifs is 1. The number of ether oxygens (including phenoxy) is 2. The number of carbonyl (C=O) groups is 1. The van der Waals surface area contributed by atoms with E-state index in [1.54, 1.807) is 37.3 Å². The molecule has 1 amide bonds. The number of methoxy groups -OCH3 is 2. The molecule has 0 atom stereocenters. The molecule has 0 aliphatic carbocycles. The van der Waals surface area contributed by atoms with E-state index in [-0.39, 0.29) is 5.91 Å². The summed E-state index contributed by atoms with van der Waals surface area (Å²) < 4.78 is 13.6. The van der Waals surface area contributed by atoms with Gasteiger partial charge in [-0.15, -0.1) is 11.8 Å². The summed E-state index contributed by atoms with van der Waals surface area (Å²) in [6.45, 7) is 3.33. The van der Waals surface area contributed by atoms with Crippen molar-refractivity contribution in [1.29, 1.82) is 0 Å². The topological polar surface area (TPSA) is 52.8 Å². The van der Waals surface area contributed by atoms with Gasteiger partial charge in [0, 0.05) is 25.0 Å². The zero-order chi connectivity index (χ0) is 20.6. The summed E-state index contributed by atoms with van der Waals surface area (Å²) in [5.41, 5.74) is 2.30. The molecule has 0 saturated heterocycles. The maximum absolute atomic E-state index is 12.4. The second kappa shape index (κ2) is 10.6. The van der Waals surface area contributed by atoms with Crippen molar-refractivity contribution in [2.24, 2.45) is 4.99 Å². The smallest absolute Gasteiger partial charge is 0.248 e. The Morgan fingerprint density at radius 2 is 1.97 bits per heavy atom. The van der Waals surface area contributed by atoms with Gasteiger partial charge in [0.2, 0.25) is 5.91 Å². The fraction of sp³-hybridized carbons (Fsp3) is 0.364. The highest BCUT2D eigenvalue weighted by atomic mass is 32.2. The Morgan fingerprint density at radius 3 is 2.69 bits per heavy atom. The summed E-state index contributed by atoms with van der Waals surface area (Å²) in [5.74, 6) is 1.65. The first-order valence-corrected chi connectivity index (χ1v) is 11.3. The van der Waals surface area contributed by atoms with Crippen molar-refractivity contribution in [1.82, 2.24) is 4.57 Å². The van der Waals surface area contributed by atoms with Gasteiger partial charge in [0.05, 0.1) is 23.9 Å². The molecule has 0 saturated carbocycles. The first-order valence-electron chi connectivity index (χ1n) is 9.54. The minimum Gasteiger partial charge on any atom is -0.497 e. The third-order valence-corrected chi connectivity index (χ3v) is 6.58. The first-order chi connectivity index (χ1) is 14.1. The molecule has 3 rings (SSSR count). The van der Waals surface area contributed by atoms with Crippen molar-refractivity contribution in [3.8, 4) is 5.75 Å². The number of hydrogen-bond acceptors (Lipinski definition) is 5. The molecule has 1 aromatic heterocycles. The van der Waals surface area contributed by atoms with Crippen molar-refractivity contribution in [2.45, 2.75) is 31.2 Å². The van der Waals surface area contributed by atoms with Crippen molar-refractivity contribution < 1.29 is 14.3 Å². The number of aromatic nitrogens is 1. The lowest BCUT2D eigenvalue weighted by atomic mass is 10.2. The van der Waals surface area contributed by atoms with Crippen LogP contribution in [0.1, 0.15) is 18.4 Å². The van der Waals surface area contributed by atoms with Crippen molar-refractivity contribution in [3.63, 3.8) is 0 Å². The van der Waals surface area contributed by atoms with E-state index in [9.17, 15) is 4.79 Å². The SMILES string of the molecule is COCCn1c(=NC(=O)CCCSc2ccc(OC)cc2)sc2cc(C)ccc21. The predicted molar refractivity (Wildman–Crippen MR) is 120 cm³/mol. The van der Waals surface area contributed by atoms with Crippen LogP contribution < -0.4 is 9.54 Å². The average Bonchev–Trinajstić information content (AvgIpc) is 3.05. The summed E-state index contributed by atoms with van der Waals surface area (Å²) in [6.07, 6.45) is 1.24. The second-order valence-electron chi connectivity index (χ2n) is 6.63. The fourth-order valence-corrected chi connectivity index (χ4v) is 4.94. The lowest BCUT2D eigenvalue weighted by molar-refractivity contribution is -0.118. The van der Waals surface area contributed by atoms with Crippen LogP contribution in [-0.2, 0) is 16.1 Å². The monoisotopic (exact) mass is 430 g/mol. The van der Waals surface area contributed by atoms with Crippen LogP contribution in [0.3, 0.4) is 0 Å². The molecule has 3 aromatic rings. The maximum Gasteiger partial charge on any atom is 0.248 e. The van der Waals surface area contributed by atoms with E-state index in [1.807, 2.05) is 24.3 Å². The number of nitrogens with zero attached hydrogens (tertiary/aromatic N) is 2. The third-order valence-electron chi connectivity index (χ3n) is 4.44. The summed E-state index contributed by atoms with van der Waals surface area (Å²) in [7, 11) is 3.34. The van der Waals surface area contributed by atoms with Crippen LogP contribution in [0.15, 0.2) is 52.4 Å². The molecule has 0 spiro atoms. The molecule has 0 N–H and O–H groups in total. The third kappa shape index (κ3) is 5.95. The van der Waals surface area contributed by atoms with Crippen molar-refractivity contribution in [2.75, 3.05) is 26.6 Å². The number of thiazole rings is 1. The molecule has 0 radical (unpaired) electrons. The Bertz CT molecular complexity index is 1020. The Balaban J connectivity index is 1.63. The average molecular weight is 431 g/mol. The van der Waals surface area contributed by atoms with Gasteiger partial charge in [0.15, 0.2) is 4.80 Å². The van der Waals surface area contributed by atoms with Crippen LogP contribution >= 0.6 is 23.1 Å². The fourth-order valence-electron chi connectivity index (χ4n) is 2.91. The molecule has 0 aliphatic heterocycles. The molecule has 7 heteroatoms. The number of benzene rings is 2. The highest BCUT2D eigenvalue weighted by Crippen LogP contribution is 2.22. The first kappa shape index (κ1) is 21.6. The van der Waals surface area contributed by atoms with Crippen LogP contribution in [0.4, 0.5) is 0 Å². The number of hydrogen-bond donors (Lipinski definition) is 0. The van der Waals surface area contributed by atoms with E-state index in [2.05, 4.69) is 34.7 Å². The van der Waals surface area contributed by atoms with E-state index in [4.69, 9.17) is 9.47 Å². The van der Waals surface area contributed by atoms with E-state index in [1.165, 1.54) is 10.5 Å². The molecule has 1 heterocycles. The van der Waals surface area contributed by atoms with Crippen LogP contribution in [0, 0.1) is 6.92 Å². The Labute approximate surface area is 179 Å². The molecule has 0 unspecified atom stereocenters. The Hall–Kier alpha value is -2.09. The van der Waals surface area contributed by atoms with Gasteiger partial charge in [-0.2, -0.15) is 4.99 Å². The number of carbonyl (C=O) groups excluding carboxylic acids is 1. The Morgan fingerprint density at radius 1 is 1.17 bits per heavy atom. The van der Waals surface area contributed by atoms with Crippen LogP contribution in [-0.4, -0.2) is 37.1 Å². The molecule has 154 valence electrons. The predicted octanol–water partition coefficient (Wildman–Crippen LogP) is 4.67. The van der Waals surface area contributed by atoms with Gasteiger partial charge in [-0.25, -0.2) is 0 Å². The van der Waals surface area contributed by atoms with E-state index < -0.39 is 0 Å². The van der Waals surface area contributed by atoms with Crippen molar-refractivity contribution in [3.05, 3.63) is 52.8 Å². The zero-order valence-electron chi connectivity index (χ0n) is 17.0. The largest absolute Gasteiger partial charge is 0.497 e. The molecule has 29 heavy (non-hydrogen) atoms. The molecule has 0 aliphatic rings. The van der Waals surface area contributed by atoms with Gasteiger partial charge in [-0.1, -0.05) is 17.4 Å². The quantitative estimate of drug-likeness (QED) is 0.366. The summed E-state index contributed by atoms with van der Waals surface area (Å²) >= 11 is 3.30. The maximum atomic E-state index is 12.4. The molecular formula is C22H26N2O3S2. The molecule has 5 nitrogen and oxygen atoms in total. The summed E-state index contributed by atoms with van der Waals surface area (Å²) in [6, 6.07) is 14.3. The molecular weight excluding hydrogens is 404 g/mol. The van der Waals surface area contributed by atoms with Gasteiger partial charge in [-0.05, 0) is 61.1 Å². The van der Waals surface area contributed by atoms with Gasteiger partial charge >= 0.3 is 0 Å². The number of rotatable bonds is 9. The molecule has 2 aromatic carbocycles. The summed E-state index contributed by atoms with van der Waals surface area (Å²) in [5, 5.41) is 0. The Kier molecular flexibility index (Phi) is 7.91. The molecule has 0 bridgehead atoms. The van der Waals surface area contributed by atoms with Crippen LogP contribution in [0.2, 0.25) is 0 Å². The van der Waals surface area contributed by atoms with Gasteiger partial charge < -0.3 is 14.0 Å². The van der Waals surface area contributed by atoms with Crippen molar-refractivity contribution >= 4 is 39.2 Å². The number of amides is 1. The highest BCUT2D eigenvalue weighted by molar-refractivity contribution is 7.99. The minimum atomic E-state index is -0.0743. The zero-order valence-corrected chi connectivity index (χ0v) is 18.6. The summed E-state index contributed by atoms with van der Waals surface area (Å²) in [4.78, 5) is 18.8. The molecule has 0 fully saturated rings. The van der Waals surface area contributed by atoms with Crippen LogP contribution in [0.5, 0.6) is 5.75 Å². The second-order valence-corrected chi connectivity index (χ2v) is 8.81. The normalized spacial score (nSPS) is 11.9. The number of thioether (sulfide) groups is 1. The van der Waals surface area contributed by atoms with E-state index >= 15 is 0 Å². The lowest BCUT2D eigenvalue weighted by Crippen LogP contribution is -2.19. The van der Waals surface area contributed by atoms with Gasteiger partial charge in [-0.3, -0.25) is 4.79 Å². The van der Waals surface area contributed by atoms with Crippen LogP contribution in [0.25, 0.3) is 10.2 Å². The standard InChI is InChI=1S/C22H26N2O3S2/c1-16-6-11-19-20(15-16)29-22(24(19)12-13-26-2)23-21(25)5-4-14-28-18-9-7-17(27-3)8-10-18/h6-11,15H,4-5,12-14H2,1-3H3. The van der Waals surface area contributed by atoms with E-state index in [0.29, 0.717) is 19.6 Å². The van der Waals surface area contributed by atoms with E-state index in [0.717, 1.165) is 32.9 Å².